The molecule has 2 aromatic carbocycles. The highest BCUT2D eigenvalue weighted by Crippen LogP contribution is 2.30. The fraction of sp³-hybridized carbons (Fsp3) is 0.524. The second-order valence-electron chi connectivity index (χ2n) is 6.27. The predicted molar refractivity (Wildman–Crippen MR) is 107 cm³/mol. The quantitative estimate of drug-likeness (QED) is 0.332. The van der Waals surface area contributed by atoms with Crippen molar-refractivity contribution in [3.8, 4) is 11.5 Å². The van der Waals surface area contributed by atoms with Crippen molar-refractivity contribution in [3.05, 3.63) is 35.9 Å². The summed E-state index contributed by atoms with van der Waals surface area (Å²) in [6, 6.07) is 10.5. The third kappa shape index (κ3) is 5.41. The lowest BCUT2D eigenvalue weighted by Gasteiger charge is -2.13. The standard InChI is InChI=1S/C21H29BrO2/c1-4-13-23-19-10-11-20-16(3)21(12-9-17(20)15-19)24-14-7-6-8-18(22)5-2/h9-12,15,18H,4-8,13-14H2,1-3H3. The van der Waals surface area contributed by atoms with Crippen molar-refractivity contribution in [1.29, 1.82) is 0 Å². The average molecular weight is 393 g/mol. The van der Waals surface area contributed by atoms with Crippen molar-refractivity contribution < 1.29 is 9.47 Å². The number of alkyl halides is 1. The van der Waals surface area contributed by atoms with Gasteiger partial charge in [0.05, 0.1) is 13.2 Å². The van der Waals surface area contributed by atoms with Crippen LogP contribution >= 0.6 is 15.9 Å². The zero-order chi connectivity index (χ0) is 17.4. The van der Waals surface area contributed by atoms with Gasteiger partial charge in [-0.05, 0) is 73.6 Å². The van der Waals surface area contributed by atoms with Gasteiger partial charge in [-0.3, -0.25) is 0 Å². The van der Waals surface area contributed by atoms with Crippen molar-refractivity contribution in [2.24, 2.45) is 0 Å². The number of fused-ring (bicyclic) bond motifs is 1. The second kappa shape index (κ2) is 9.93. The molecular formula is C21H29BrO2. The van der Waals surface area contributed by atoms with Crippen LogP contribution in [0.25, 0.3) is 10.8 Å². The van der Waals surface area contributed by atoms with Crippen LogP contribution in [0.2, 0.25) is 0 Å². The Morgan fingerprint density at radius 2 is 1.83 bits per heavy atom. The Labute approximate surface area is 154 Å². The molecular weight excluding hydrogens is 364 g/mol. The van der Waals surface area contributed by atoms with Crippen molar-refractivity contribution in [2.75, 3.05) is 13.2 Å². The van der Waals surface area contributed by atoms with Gasteiger partial charge in [-0.25, -0.2) is 0 Å². The normalized spacial score (nSPS) is 12.3. The minimum Gasteiger partial charge on any atom is -0.494 e. The lowest BCUT2D eigenvalue weighted by atomic mass is 10.0. The number of ether oxygens (including phenoxy) is 2. The average Bonchev–Trinajstić information content (AvgIpc) is 2.61. The summed E-state index contributed by atoms with van der Waals surface area (Å²) in [4.78, 5) is 0.643. The molecule has 3 heteroatoms. The highest BCUT2D eigenvalue weighted by atomic mass is 79.9. The smallest absolute Gasteiger partial charge is 0.122 e. The van der Waals surface area contributed by atoms with Gasteiger partial charge in [-0.2, -0.15) is 0 Å². The van der Waals surface area contributed by atoms with E-state index >= 15 is 0 Å². The maximum Gasteiger partial charge on any atom is 0.122 e. The Balaban J connectivity index is 1.95. The Kier molecular flexibility index (Phi) is 7.90. The van der Waals surface area contributed by atoms with Gasteiger partial charge in [-0.1, -0.05) is 41.9 Å². The van der Waals surface area contributed by atoms with Gasteiger partial charge in [-0.15, -0.1) is 0 Å². The van der Waals surface area contributed by atoms with Gasteiger partial charge in [0, 0.05) is 4.83 Å². The van der Waals surface area contributed by atoms with Crippen LogP contribution in [0.3, 0.4) is 0 Å². The predicted octanol–water partition coefficient (Wildman–Crippen LogP) is 6.66. The molecule has 0 aliphatic carbocycles. The fourth-order valence-corrected chi connectivity index (χ4v) is 3.09. The van der Waals surface area contributed by atoms with E-state index in [9.17, 15) is 0 Å². The molecule has 2 aromatic rings. The summed E-state index contributed by atoms with van der Waals surface area (Å²) in [6.45, 7) is 8.02. The molecule has 0 aliphatic rings. The summed E-state index contributed by atoms with van der Waals surface area (Å²) in [5.74, 6) is 1.94. The first-order valence-electron chi connectivity index (χ1n) is 9.08. The number of benzene rings is 2. The van der Waals surface area contributed by atoms with Crippen LogP contribution in [-0.4, -0.2) is 18.0 Å². The Morgan fingerprint density at radius 1 is 1.00 bits per heavy atom. The van der Waals surface area contributed by atoms with Gasteiger partial charge in [0.15, 0.2) is 0 Å². The van der Waals surface area contributed by atoms with E-state index in [0.717, 1.165) is 37.6 Å². The summed E-state index contributed by atoms with van der Waals surface area (Å²) in [6.07, 6.45) is 5.74. The molecule has 0 saturated heterocycles. The van der Waals surface area contributed by atoms with Gasteiger partial charge in [0.2, 0.25) is 0 Å². The van der Waals surface area contributed by atoms with Gasteiger partial charge in [0.1, 0.15) is 11.5 Å². The fourth-order valence-electron chi connectivity index (χ4n) is 2.76. The second-order valence-corrected chi connectivity index (χ2v) is 7.56. The molecule has 0 N–H and O–H groups in total. The van der Waals surface area contributed by atoms with Crippen LogP contribution in [0, 0.1) is 6.92 Å². The molecule has 0 amide bonds. The number of aryl methyl sites for hydroxylation is 1. The van der Waals surface area contributed by atoms with Crippen LogP contribution in [0.5, 0.6) is 11.5 Å². The summed E-state index contributed by atoms with van der Waals surface area (Å²) in [5.41, 5.74) is 1.21. The van der Waals surface area contributed by atoms with Gasteiger partial charge >= 0.3 is 0 Å². The molecule has 0 aliphatic heterocycles. The summed E-state index contributed by atoms with van der Waals surface area (Å²) in [7, 11) is 0. The lowest BCUT2D eigenvalue weighted by molar-refractivity contribution is 0.303. The van der Waals surface area contributed by atoms with Crippen LogP contribution < -0.4 is 9.47 Å². The van der Waals surface area contributed by atoms with E-state index in [-0.39, 0.29) is 0 Å². The third-order valence-electron chi connectivity index (χ3n) is 4.30. The number of rotatable bonds is 10. The monoisotopic (exact) mass is 392 g/mol. The number of hydrogen-bond donors (Lipinski definition) is 0. The maximum absolute atomic E-state index is 6.01. The molecule has 24 heavy (non-hydrogen) atoms. The zero-order valence-electron chi connectivity index (χ0n) is 15.1. The third-order valence-corrected chi connectivity index (χ3v) is 5.40. The topological polar surface area (TPSA) is 18.5 Å². The van der Waals surface area contributed by atoms with E-state index in [1.54, 1.807) is 0 Å². The van der Waals surface area contributed by atoms with E-state index in [1.165, 1.54) is 35.6 Å². The summed E-state index contributed by atoms with van der Waals surface area (Å²) < 4.78 is 11.7. The molecule has 0 aromatic heterocycles. The van der Waals surface area contributed by atoms with E-state index in [1.807, 2.05) is 0 Å². The number of halogens is 1. The van der Waals surface area contributed by atoms with Crippen LogP contribution in [0.15, 0.2) is 30.3 Å². The molecule has 2 nitrogen and oxygen atoms in total. The molecule has 0 spiro atoms. The Hall–Kier alpha value is -1.22. The molecule has 1 atom stereocenters. The molecule has 132 valence electrons. The number of unbranched alkanes of at least 4 members (excludes halogenated alkanes) is 1. The van der Waals surface area contributed by atoms with Crippen LogP contribution in [-0.2, 0) is 0 Å². The van der Waals surface area contributed by atoms with Crippen molar-refractivity contribution in [3.63, 3.8) is 0 Å². The summed E-state index contributed by atoms with van der Waals surface area (Å²) >= 11 is 3.68. The summed E-state index contributed by atoms with van der Waals surface area (Å²) in [5, 5.41) is 2.45. The van der Waals surface area contributed by atoms with Crippen LogP contribution in [0.1, 0.15) is 51.5 Å². The molecule has 0 fully saturated rings. The molecule has 0 radical (unpaired) electrons. The molecule has 0 bridgehead atoms. The minimum atomic E-state index is 0.643. The molecule has 0 heterocycles. The molecule has 1 unspecified atom stereocenters. The first-order chi connectivity index (χ1) is 11.7. The Bertz CT molecular complexity index is 639. The maximum atomic E-state index is 6.01. The molecule has 2 rings (SSSR count). The number of hydrogen-bond acceptors (Lipinski definition) is 2. The van der Waals surface area contributed by atoms with Crippen LogP contribution in [0.4, 0.5) is 0 Å². The highest BCUT2D eigenvalue weighted by Gasteiger charge is 2.06. The van der Waals surface area contributed by atoms with Gasteiger partial charge < -0.3 is 9.47 Å². The van der Waals surface area contributed by atoms with Gasteiger partial charge in [0.25, 0.3) is 0 Å². The van der Waals surface area contributed by atoms with E-state index in [2.05, 4.69) is 67.0 Å². The van der Waals surface area contributed by atoms with E-state index in [0.29, 0.717) is 4.83 Å². The van der Waals surface area contributed by atoms with Crippen molar-refractivity contribution >= 4 is 26.7 Å². The zero-order valence-corrected chi connectivity index (χ0v) is 16.7. The minimum absolute atomic E-state index is 0.643. The van der Waals surface area contributed by atoms with E-state index in [4.69, 9.17) is 9.47 Å². The lowest BCUT2D eigenvalue weighted by Crippen LogP contribution is -2.01. The highest BCUT2D eigenvalue weighted by molar-refractivity contribution is 9.09. The first kappa shape index (κ1) is 19.1. The largest absolute Gasteiger partial charge is 0.494 e. The van der Waals surface area contributed by atoms with E-state index < -0.39 is 0 Å². The molecule has 0 saturated carbocycles. The first-order valence-corrected chi connectivity index (χ1v) is 10.00. The van der Waals surface area contributed by atoms with Crippen molar-refractivity contribution in [1.82, 2.24) is 0 Å². The SMILES string of the molecule is CCCOc1ccc2c(C)c(OCCCCC(Br)CC)ccc2c1. The Morgan fingerprint density at radius 3 is 2.58 bits per heavy atom. The van der Waals surface area contributed by atoms with Crippen molar-refractivity contribution in [2.45, 2.75) is 57.7 Å².